The van der Waals surface area contributed by atoms with Gasteiger partial charge in [-0.25, -0.2) is 8.42 Å². The Morgan fingerprint density at radius 2 is 2.33 bits per heavy atom. The van der Waals surface area contributed by atoms with Crippen molar-refractivity contribution in [3.05, 3.63) is 0 Å². The second-order valence-corrected chi connectivity index (χ2v) is 5.95. The third kappa shape index (κ3) is 2.80. The summed E-state index contributed by atoms with van der Waals surface area (Å²) in [7, 11) is -2.36. The van der Waals surface area contributed by atoms with Crippen molar-refractivity contribution in [2.75, 3.05) is 26.8 Å². The van der Waals surface area contributed by atoms with Crippen LogP contribution in [0.5, 0.6) is 0 Å². The van der Waals surface area contributed by atoms with Gasteiger partial charge in [0.2, 0.25) is 15.9 Å². The molecule has 0 spiro atoms. The van der Waals surface area contributed by atoms with E-state index < -0.39 is 27.2 Å². The summed E-state index contributed by atoms with van der Waals surface area (Å²) in [6.45, 7) is 1.97. The fraction of sp³-hybridized carbons (Fsp3) is 0.800. The summed E-state index contributed by atoms with van der Waals surface area (Å²) in [5, 5.41) is 10.2. The van der Waals surface area contributed by atoms with Gasteiger partial charge in [0.1, 0.15) is 6.04 Å². The Labute approximate surface area is 107 Å². The lowest BCUT2D eigenvalue weighted by Crippen LogP contribution is -2.57. The van der Waals surface area contributed by atoms with Crippen molar-refractivity contribution in [1.29, 1.82) is 5.26 Å². The van der Waals surface area contributed by atoms with Crippen molar-refractivity contribution in [2.45, 2.75) is 24.6 Å². The third-order valence-electron chi connectivity index (χ3n) is 2.83. The smallest absolute Gasteiger partial charge is 0.240 e. The normalized spacial score (nSPS) is 23.1. The number of sulfonamides is 1. The highest BCUT2D eigenvalue weighted by Crippen LogP contribution is 2.18. The first-order chi connectivity index (χ1) is 8.48. The number of nitrogens with zero attached hydrogens (tertiary/aromatic N) is 2. The molecule has 2 unspecified atom stereocenters. The van der Waals surface area contributed by atoms with Gasteiger partial charge in [0.05, 0.1) is 19.3 Å². The summed E-state index contributed by atoms with van der Waals surface area (Å²) in [5.74, 6) is -0.425. The molecule has 7 nitrogen and oxygen atoms in total. The first-order valence-corrected chi connectivity index (χ1v) is 7.19. The highest BCUT2D eigenvalue weighted by Gasteiger charge is 2.40. The van der Waals surface area contributed by atoms with E-state index in [0.29, 0.717) is 0 Å². The Kier molecular flexibility index (Phi) is 5.07. The number of hydrogen-bond donors (Lipinski definition) is 1. The fourth-order valence-corrected chi connectivity index (χ4v) is 3.52. The molecule has 1 rings (SSSR count). The van der Waals surface area contributed by atoms with Crippen LogP contribution in [0, 0.1) is 11.3 Å². The largest absolute Gasteiger partial charge is 0.378 e. The topological polar surface area (TPSA) is 99.5 Å². The second-order valence-electron chi connectivity index (χ2n) is 3.89. The molecule has 0 aromatic carbocycles. The molecule has 0 bridgehead atoms. The second kappa shape index (κ2) is 6.13. The summed E-state index contributed by atoms with van der Waals surface area (Å²) in [5.41, 5.74) is 0. The van der Waals surface area contributed by atoms with Gasteiger partial charge in [0.25, 0.3) is 0 Å². The molecule has 0 radical (unpaired) electrons. The lowest BCUT2D eigenvalue weighted by atomic mass is 10.2. The van der Waals surface area contributed by atoms with E-state index in [1.165, 1.54) is 7.05 Å². The van der Waals surface area contributed by atoms with Crippen molar-refractivity contribution in [3.63, 3.8) is 0 Å². The summed E-state index contributed by atoms with van der Waals surface area (Å²) >= 11 is 0. The van der Waals surface area contributed by atoms with Crippen LogP contribution in [0.15, 0.2) is 0 Å². The minimum atomic E-state index is -3.80. The zero-order valence-electron chi connectivity index (χ0n) is 10.4. The van der Waals surface area contributed by atoms with Gasteiger partial charge in [0.15, 0.2) is 5.25 Å². The van der Waals surface area contributed by atoms with Gasteiger partial charge in [-0.2, -0.15) is 9.57 Å². The number of hydrogen-bond acceptors (Lipinski definition) is 5. The molecule has 1 heterocycles. The maximum atomic E-state index is 12.2. The molecule has 0 aliphatic carbocycles. The van der Waals surface area contributed by atoms with E-state index in [4.69, 9.17) is 10.00 Å². The number of likely N-dealkylation sites (N-methyl/N-ethyl adjacent to an activating group) is 1. The first kappa shape index (κ1) is 14.9. The van der Waals surface area contributed by atoms with Crippen molar-refractivity contribution in [1.82, 2.24) is 9.62 Å². The Bertz CT molecular complexity index is 443. The molecule has 1 N–H and O–H groups in total. The molecule has 1 fully saturated rings. The maximum Gasteiger partial charge on any atom is 0.240 e. The number of amides is 1. The van der Waals surface area contributed by atoms with Gasteiger partial charge in [0, 0.05) is 13.6 Å². The number of rotatable bonds is 4. The molecule has 18 heavy (non-hydrogen) atoms. The highest BCUT2D eigenvalue weighted by atomic mass is 32.2. The van der Waals surface area contributed by atoms with Gasteiger partial charge in [-0.3, -0.25) is 4.79 Å². The van der Waals surface area contributed by atoms with E-state index in [1.54, 1.807) is 13.0 Å². The molecule has 102 valence electrons. The predicted octanol–water partition coefficient (Wildman–Crippen LogP) is -0.935. The van der Waals surface area contributed by atoms with Gasteiger partial charge in [-0.15, -0.1) is 0 Å². The van der Waals surface area contributed by atoms with Gasteiger partial charge in [-0.05, 0) is 6.42 Å². The van der Waals surface area contributed by atoms with Crippen LogP contribution in [0.1, 0.15) is 13.3 Å². The minimum Gasteiger partial charge on any atom is -0.378 e. The number of nitriles is 1. The molecule has 1 aliphatic heterocycles. The van der Waals surface area contributed by atoms with Crippen LogP contribution in [0.4, 0.5) is 0 Å². The first-order valence-electron chi connectivity index (χ1n) is 5.68. The van der Waals surface area contributed by atoms with E-state index >= 15 is 0 Å². The number of ether oxygens (including phenoxy) is 1. The van der Waals surface area contributed by atoms with E-state index in [9.17, 15) is 13.2 Å². The zero-order valence-corrected chi connectivity index (χ0v) is 11.2. The van der Waals surface area contributed by atoms with Crippen molar-refractivity contribution < 1.29 is 17.9 Å². The Morgan fingerprint density at radius 1 is 1.67 bits per heavy atom. The molecule has 0 saturated carbocycles. The average molecular weight is 275 g/mol. The molecule has 0 aromatic rings. The maximum absolute atomic E-state index is 12.2. The number of morpholine rings is 1. The molecule has 2 atom stereocenters. The fourth-order valence-electron chi connectivity index (χ4n) is 1.80. The molecule has 0 aromatic heterocycles. The lowest BCUT2D eigenvalue weighted by molar-refractivity contribution is -0.128. The van der Waals surface area contributed by atoms with Crippen LogP contribution in [0.25, 0.3) is 0 Å². The van der Waals surface area contributed by atoms with Crippen LogP contribution in [0.2, 0.25) is 0 Å². The molecule has 1 aliphatic rings. The van der Waals surface area contributed by atoms with Crippen LogP contribution >= 0.6 is 0 Å². The zero-order chi connectivity index (χ0) is 13.8. The summed E-state index contributed by atoms with van der Waals surface area (Å²) < 4.78 is 30.7. The molecule has 1 saturated heterocycles. The van der Waals surface area contributed by atoms with Crippen LogP contribution in [-0.4, -0.2) is 56.7 Å². The Balaban J connectivity index is 3.04. The van der Waals surface area contributed by atoms with Crippen molar-refractivity contribution in [2.24, 2.45) is 0 Å². The lowest BCUT2D eigenvalue weighted by Gasteiger charge is -2.34. The molecule has 1 amide bonds. The standard InChI is InChI=1S/C10H17N3O4S/c1-3-8(6-11)18(15,16)13-4-5-17-7-9(13)10(14)12-2/h8-9H,3-5,7H2,1-2H3,(H,12,14). The number of nitrogens with one attached hydrogen (secondary N) is 1. The van der Waals surface area contributed by atoms with E-state index in [1.807, 2.05) is 0 Å². The van der Waals surface area contributed by atoms with E-state index in [-0.39, 0.29) is 26.2 Å². The minimum absolute atomic E-state index is 0.0146. The average Bonchev–Trinajstić information content (AvgIpc) is 2.39. The molecule has 8 heteroatoms. The quantitative estimate of drug-likeness (QED) is 0.714. The Hall–Kier alpha value is -1.17. The molecular formula is C10H17N3O4S. The van der Waals surface area contributed by atoms with Crippen LogP contribution in [0.3, 0.4) is 0 Å². The van der Waals surface area contributed by atoms with E-state index in [0.717, 1.165) is 4.31 Å². The van der Waals surface area contributed by atoms with Gasteiger partial charge >= 0.3 is 0 Å². The summed E-state index contributed by atoms with van der Waals surface area (Å²) in [6.07, 6.45) is 0.191. The number of carbonyl (C=O) groups is 1. The van der Waals surface area contributed by atoms with E-state index in [2.05, 4.69) is 5.32 Å². The van der Waals surface area contributed by atoms with Crippen LogP contribution in [-0.2, 0) is 19.6 Å². The van der Waals surface area contributed by atoms with Crippen molar-refractivity contribution in [3.8, 4) is 6.07 Å². The monoisotopic (exact) mass is 275 g/mol. The van der Waals surface area contributed by atoms with Gasteiger partial charge in [-0.1, -0.05) is 6.92 Å². The van der Waals surface area contributed by atoms with Crippen LogP contribution < -0.4 is 5.32 Å². The van der Waals surface area contributed by atoms with Gasteiger partial charge < -0.3 is 10.1 Å². The summed E-state index contributed by atoms with van der Waals surface area (Å²) in [6, 6.07) is 0.872. The highest BCUT2D eigenvalue weighted by molar-refractivity contribution is 7.90. The Morgan fingerprint density at radius 3 is 2.83 bits per heavy atom. The summed E-state index contributed by atoms with van der Waals surface area (Å²) in [4.78, 5) is 11.6. The predicted molar refractivity (Wildman–Crippen MR) is 64.0 cm³/mol. The number of carbonyl (C=O) groups excluding carboxylic acids is 1. The third-order valence-corrected chi connectivity index (χ3v) is 5.08. The van der Waals surface area contributed by atoms with Crippen molar-refractivity contribution >= 4 is 15.9 Å². The molecular weight excluding hydrogens is 258 g/mol. The SMILES string of the molecule is CCC(C#N)S(=O)(=O)N1CCOCC1C(=O)NC.